The highest BCUT2D eigenvalue weighted by atomic mass is 16.2. The second-order valence-electron chi connectivity index (χ2n) is 5.59. The first-order valence-corrected chi connectivity index (χ1v) is 7.34. The Hall–Kier alpha value is -1.32. The molecule has 0 radical (unpaired) electrons. The molecule has 4 heteroatoms. The van der Waals surface area contributed by atoms with Gasteiger partial charge < -0.3 is 10.2 Å². The molecular formula is C15H24N2O2. The molecule has 2 fully saturated rings. The molecule has 1 heterocycles. The molecule has 4 nitrogen and oxygen atoms in total. The van der Waals surface area contributed by atoms with E-state index in [-0.39, 0.29) is 17.9 Å². The van der Waals surface area contributed by atoms with Crippen molar-refractivity contribution in [3.8, 4) is 0 Å². The van der Waals surface area contributed by atoms with E-state index in [2.05, 4.69) is 5.32 Å². The van der Waals surface area contributed by atoms with E-state index in [0.29, 0.717) is 25.3 Å². The maximum Gasteiger partial charge on any atom is 0.249 e. The molecule has 2 rings (SSSR count). The number of hydrogen-bond acceptors (Lipinski definition) is 2. The van der Waals surface area contributed by atoms with E-state index in [1.54, 1.807) is 4.90 Å². The number of nitrogens with one attached hydrogen (secondary N) is 1. The molecule has 0 aromatic rings. The molecule has 1 saturated carbocycles. The van der Waals surface area contributed by atoms with Crippen LogP contribution in [0.2, 0.25) is 0 Å². The summed E-state index contributed by atoms with van der Waals surface area (Å²) in [6, 6.07) is -0.255. The highest BCUT2D eigenvalue weighted by molar-refractivity contribution is 6.00. The van der Waals surface area contributed by atoms with Crippen LogP contribution in [0, 0.1) is 5.92 Å². The number of rotatable bonds is 5. The molecule has 106 valence electrons. The lowest BCUT2D eigenvalue weighted by Gasteiger charge is -2.45. The van der Waals surface area contributed by atoms with Gasteiger partial charge in [-0.2, -0.15) is 0 Å². The molecule has 0 bridgehead atoms. The third kappa shape index (κ3) is 2.40. The lowest BCUT2D eigenvalue weighted by Crippen LogP contribution is -2.70. The number of amides is 2. The largest absolute Gasteiger partial charge is 0.340 e. The molecule has 1 aliphatic heterocycles. The van der Waals surface area contributed by atoms with Crippen molar-refractivity contribution < 1.29 is 9.59 Å². The van der Waals surface area contributed by atoms with Crippen LogP contribution in [0.5, 0.6) is 0 Å². The smallest absolute Gasteiger partial charge is 0.249 e. The van der Waals surface area contributed by atoms with Crippen LogP contribution in [-0.4, -0.2) is 34.8 Å². The molecule has 19 heavy (non-hydrogen) atoms. The first-order chi connectivity index (χ1) is 9.09. The van der Waals surface area contributed by atoms with E-state index >= 15 is 0 Å². The van der Waals surface area contributed by atoms with Gasteiger partial charge in [-0.1, -0.05) is 26.0 Å². The molecule has 1 N–H and O–H groups in total. The van der Waals surface area contributed by atoms with Gasteiger partial charge in [0.1, 0.15) is 11.6 Å². The van der Waals surface area contributed by atoms with Gasteiger partial charge in [0, 0.05) is 6.54 Å². The van der Waals surface area contributed by atoms with Crippen molar-refractivity contribution >= 4 is 11.8 Å². The Morgan fingerprint density at radius 2 is 1.95 bits per heavy atom. The summed E-state index contributed by atoms with van der Waals surface area (Å²) >= 11 is 0. The van der Waals surface area contributed by atoms with Crippen molar-refractivity contribution in [1.29, 1.82) is 0 Å². The average molecular weight is 264 g/mol. The zero-order valence-corrected chi connectivity index (χ0v) is 12.1. The van der Waals surface area contributed by atoms with E-state index in [1.165, 1.54) is 0 Å². The average Bonchev–Trinajstić information content (AvgIpc) is 3.23. The monoisotopic (exact) mass is 264 g/mol. The van der Waals surface area contributed by atoms with Gasteiger partial charge in [-0.25, -0.2) is 0 Å². The van der Waals surface area contributed by atoms with Crippen molar-refractivity contribution in [3.63, 3.8) is 0 Å². The summed E-state index contributed by atoms with van der Waals surface area (Å²) in [5.41, 5.74) is -0.690. The molecule has 0 spiro atoms. The Kier molecular flexibility index (Phi) is 3.97. The minimum atomic E-state index is -0.690. The Morgan fingerprint density at radius 1 is 1.32 bits per heavy atom. The molecule has 2 aliphatic rings. The maximum absolute atomic E-state index is 12.8. The normalized spacial score (nSPS) is 26.9. The summed E-state index contributed by atoms with van der Waals surface area (Å²) in [6.45, 7) is 6.42. The highest BCUT2D eigenvalue weighted by Crippen LogP contribution is 2.39. The molecule has 1 unspecified atom stereocenters. The quantitative estimate of drug-likeness (QED) is 0.771. The predicted octanol–water partition coefficient (Wildman–Crippen LogP) is 1.86. The molecule has 1 aliphatic carbocycles. The van der Waals surface area contributed by atoms with Gasteiger partial charge in [0.05, 0.1) is 0 Å². The Balaban J connectivity index is 2.29. The lowest BCUT2D eigenvalue weighted by molar-refractivity contribution is -0.155. The van der Waals surface area contributed by atoms with E-state index < -0.39 is 5.54 Å². The van der Waals surface area contributed by atoms with E-state index in [0.717, 1.165) is 12.8 Å². The number of carbonyl (C=O) groups excluding carboxylic acids is 2. The summed E-state index contributed by atoms with van der Waals surface area (Å²) < 4.78 is 0. The summed E-state index contributed by atoms with van der Waals surface area (Å²) in [6.07, 6.45) is 7.31. The van der Waals surface area contributed by atoms with Crippen LogP contribution in [0.1, 0.15) is 46.5 Å². The molecule has 1 atom stereocenters. The highest BCUT2D eigenvalue weighted by Gasteiger charge is 2.52. The van der Waals surface area contributed by atoms with E-state index in [9.17, 15) is 9.59 Å². The summed E-state index contributed by atoms with van der Waals surface area (Å²) in [5, 5.41) is 3.00. The minimum Gasteiger partial charge on any atom is -0.340 e. The number of allylic oxidation sites excluding steroid dienone is 1. The van der Waals surface area contributed by atoms with Crippen LogP contribution in [0.4, 0.5) is 0 Å². The second-order valence-corrected chi connectivity index (χ2v) is 5.59. The van der Waals surface area contributed by atoms with Crippen molar-refractivity contribution in [2.24, 2.45) is 5.92 Å². The fraction of sp³-hybridized carbons (Fsp3) is 0.733. The third-order valence-electron chi connectivity index (χ3n) is 4.45. The van der Waals surface area contributed by atoms with E-state index in [1.807, 2.05) is 32.9 Å². The molecular weight excluding hydrogens is 240 g/mol. The van der Waals surface area contributed by atoms with Gasteiger partial charge >= 0.3 is 0 Å². The lowest BCUT2D eigenvalue weighted by atomic mass is 9.86. The molecule has 0 aromatic carbocycles. The third-order valence-corrected chi connectivity index (χ3v) is 4.45. The Labute approximate surface area is 115 Å². The number of nitrogens with zero attached hydrogens (tertiary/aromatic N) is 1. The summed E-state index contributed by atoms with van der Waals surface area (Å²) in [5.74, 6) is 0.489. The van der Waals surface area contributed by atoms with Crippen LogP contribution in [0.15, 0.2) is 12.2 Å². The molecule has 0 aromatic heterocycles. The fourth-order valence-electron chi connectivity index (χ4n) is 2.93. The number of piperazine rings is 1. The van der Waals surface area contributed by atoms with E-state index in [4.69, 9.17) is 0 Å². The Morgan fingerprint density at radius 3 is 2.42 bits per heavy atom. The van der Waals surface area contributed by atoms with Crippen LogP contribution in [0.25, 0.3) is 0 Å². The van der Waals surface area contributed by atoms with Crippen LogP contribution in [0.3, 0.4) is 0 Å². The maximum atomic E-state index is 12.8. The fourth-order valence-corrected chi connectivity index (χ4v) is 2.93. The predicted molar refractivity (Wildman–Crippen MR) is 74.5 cm³/mol. The van der Waals surface area contributed by atoms with Crippen LogP contribution < -0.4 is 5.32 Å². The molecule has 2 amide bonds. The minimum absolute atomic E-state index is 0.0373. The first-order valence-electron chi connectivity index (χ1n) is 7.34. The van der Waals surface area contributed by atoms with Crippen molar-refractivity contribution in [3.05, 3.63) is 12.2 Å². The van der Waals surface area contributed by atoms with Crippen LogP contribution in [-0.2, 0) is 9.59 Å². The topological polar surface area (TPSA) is 49.4 Å². The van der Waals surface area contributed by atoms with Gasteiger partial charge in [-0.3, -0.25) is 9.59 Å². The van der Waals surface area contributed by atoms with Crippen molar-refractivity contribution in [2.75, 3.05) is 6.54 Å². The van der Waals surface area contributed by atoms with Gasteiger partial charge in [0.15, 0.2) is 0 Å². The SMILES string of the molecule is C/C=C/CN1C(=O)C(CC)(CC)NC(=O)C1C1CC1. The zero-order valence-electron chi connectivity index (χ0n) is 12.1. The summed E-state index contributed by atoms with van der Waals surface area (Å²) in [4.78, 5) is 27.0. The van der Waals surface area contributed by atoms with Gasteiger partial charge in [0.25, 0.3) is 0 Å². The Bertz CT molecular complexity index is 395. The van der Waals surface area contributed by atoms with Crippen molar-refractivity contribution in [2.45, 2.75) is 58.0 Å². The van der Waals surface area contributed by atoms with Gasteiger partial charge in [0.2, 0.25) is 11.8 Å². The van der Waals surface area contributed by atoms with Crippen LogP contribution >= 0.6 is 0 Å². The van der Waals surface area contributed by atoms with Gasteiger partial charge in [-0.05, 0) is 38.5 Å². The number of hydrogen-bond donors (Lipinski definition) is 1. The van der Waals surface area contributed by atoms with Gasteiger partial charge in [-0.15, -0.1) is 0 Å². The summed E-state index contributed by atoms with van der Waals surface area (Å²) in [7, 11) is 0. The first kappa shape index (κ1) is 14.1. The second kappa shape index (κ2) is 5.35. The molecule has 1 saturated heterocycles. The number of carbonyl (C=O) groups is 2. The van der Waals surface area contributed by atoms with Crippen molar-refractivity contribution in [1.82, 2.24) is 10.2 Å². The standard InChI is InChI=1S/C15H24N2O2/c1-4-7-10-17-12(11-8-9-11)13(18)16-15(5-2,6-3)14(17)19/h4,7,11-12H,5-6,8-10H2,1-3H3,(H,16,18)/b7-4+. The zero-order chi connectivity index (χ0) is 14.0.